The van der Waals surface area contributed by atoms with Gasteiger partial charge in [0.2, 0.25) is 0 Å². The predicted octanol–water partition coefficient (Wildman–Crippen LogP) is 0.894. The molecule has 1 N–H and O–H groups in total. The Labute approximate surface area is 94.9 Å². The summed E-state index contributed by atoms with van der Waals surface area (Å²) >= 11 is 0. The van der Waals surface area contributed by atoms with Gasteiger partial charge in [-0.15, -0.1) is 0 Å². The van der Waals surface area contributed by atoms with Crippen LogP contribution in [-0.4, -0.2) is 30.2 Å². The smallest absolute Gasteiger partial charge is 0.128 e. The van der Waals surface area contributed by atoms with Gasteiger partial charge in [0, 0.05) is 24.8 Å². The van der Waals surface area contributed by atoms with Crippen LogP contribution >= 0.6 is 0 Å². The van der Waals surface area contributed by atoms with E-state index in [1.54, 1.807) is 6.20 Å². The van der Waals surface area contributed by atoms with Crippen LogP contribution in [0.3, 0.4) is 0 Å². The van der Waals surface area contributed by atoms with Crippen molar-refractivity contribution in [1.29, 1.82) is 5.26 Å². The highest BCUT2D eigenvalue weighted by Crippen LogP contribution is 2.28. The molecule has 2 atom stereocenters. The SMILES string of the molecule is N#Cc1ccc(N2CCC3NCCC32)nc1. The Kier molecular flexibility index (Phi) is 2.26. The van der Waals surface area contributed by atoms with Gasteiger partial charge in [0.05, 0.1) is 5.56 Å². The number of nitriles is 1. The van der Waals surface area contributed by atoms with E-state index in [2.05, 4.69) is 21.3 Å². The highest BCUT2D eigenvalue weighted by atomic mass is 15.3. The number of hydrogen-bond acceptors (Lipinski definition) is 4. The zero-order valence-electron chi connectivity index (χ0n) is 9.06. The van der Waals surface area contributed by atoms with E-state index in [4.69, 9.17) is 5.26 Å². The van der Waals surface area contributed by atoms with E-state index in [1.807, 2.05) is 12.1 Å². The van der Waals surface area contributed by atoms with E-state index in [0.717, 1.165) is 18.9 Å². The van der Waals surface area contributed by atoms with Crippen LogP contribution in [0.4, 0.5) is 5.82 Å². The average molecular weight is 214 g/mol. The molecule has 16 heavy (non-hydrogen) atoms. The molecular formula is C12H14N4. The third-order valence-corrected chi connectivity index (χ3v) is 3.56. The molecule has 2 aliphatic rings. The molecular weight excluding hydrogens is 200 g/mol. The first kappa shape index (κ1) is 9.61. The predicted molar refractivity (Wildman–Crippen MR) is 61.1 cm³/mol. The van der Waals surface area contributed by atoms with Crippen molar-refractivity contribution in [1.82, 2.24) is 10.3 Å². The van der Waals surface area contributed by atoms with Gasteiger partial charge in [-0.25, -0.2) is 4.98 Å². The van der Waals surface area contributed by atoms with Crippen molar-refractivity contribution in [3.05, 3.63) is 23.9 Å². The second kappa shape index (κ2) is 3.76. The van der Waals surface area contributed by atoms with Gasteiger partial charge in [-0.2, -0.15) is 5.26 Å². The minimum absolute atomic E-state index is 0.598. The van der Waals surface area contributed by atoms with Gasteiger partial charge in [0.25, 0.3) is 0 Å². The molecule has 2 aliphatic heterocycles. The molecule has 0 aromatic carbocycles. The van der Waals surface area contributed by atoms with Crippen LogP contribution in [0.15, 0.2) is 18.3 Å². The van der Waals surface area contributed by atoms with Crippen LogP contribution in [0.1, 0.15) is 18.4 Å². The van der Waals surface area contributed by atoms with Gasteiger partial charge < -0.3 is 10.2 Å². The first-order valence-electron chi connectivity index (χ1n) is 5.74. The zero-order valence-corrected chi connectivity index (χ0v) is 9.06. The molecule has 4 nitrogen and oxygen atoms in total. The minimum atomic E-state index is 0.598. The lowest BCUT2D eigenvalue weighted by Crippen LogP contribution is -2.34. The zero-order chi connectivity index (χ0) is 11.0. The summed E-state index contributed by atoms with van der Waals surface area (Å²) in [6.45, 7) is 2.18. The van der Waals surface area contributed by atoms with Crippen LogP contribution in [0.25, 0.3) is 0 Å². The second-order valence-corrected chi connectivity index (χ2v) is 4.42. The maximum absolute atomic E-state index is 8.73. The van der Waals surface area contributed by atoms with Crippen molar-refractivity contribution in [2.45, 2.75) is 24.9 Å². The third-order valence-electron chi connectivity index (χ3n) is 3.56. The van der Waals surface area contributed by atoms with Crippen molar-refractivity contribution in [3.63, 3.8) is 0 Å². The molecule has 2 saturated heterocycles. The molecule has 2 unspecified atom stereocenters. The molecule has 4 heteroatoms. The topological polar surface area (TPSA) is 52.0 Å². The van der Waals surface area contributed by atoms with E-state index in [0.29, 0.717) is 17.6 Å². The van der Waals surface area contributed by atoms with Crippen molar-refractivity contribution in [3.8, 4) is 6.07 Å². The summed E-state index contributed by atoms with van der Waals surface area (Å²) < 4.78 is 0. The lowest BCUT2D eigenvalue weighted by atomic mass is 10.1. The van der Waals surface area contributed by atoms with Gasteiger partial charge >= 0.3 is 0 Å². The first-order valence-corrected chi connectivity index (χ1v) is 5.74. The fourth-order valence-electron chi connectivity index (χ4n) is 2.77. The van der Waals surface area contributed by atoms with Gasteiger partial charge in [-0.1, -0.05) is 0 Å². The molecule has 0 saturated carbocycles. The highest BCUT2D eigenvalue weighted by Gasteiger charge is 2.37. The number of aromatic nitrogens is 1. The number of rotatable bonds is 1. The summed E-state index contributed by atoms with van der Waals surface area (Å²) in [5.74, 6) is 1.01. The monoisotopic (exact) mass is 214 g/mol. The average Bonchev–Trinajstić information content (AvgIpc) is 2.91. The van der Waals surface area contributed by atoms with Gasteiger partial charge in [0.1, 0.15) is 11.9 Å². The number of fused-ring (bicyclic) bond motifs is 1. The molecule has 0 bridgehead atoms. The molecule has 82 valence electrons. The largest absolute Gasteiger partial charge is 0.352 e. The molecule has 3 heterocycles. The van der Waals surface area contributed by atoms with E-state index < -0.39 is 0 Å². The van der Waals surface area contributed by atoms with Crippen molar-refractivity contribution < 1.29 is 0 Å². The van der Waals surface area contributed by atoms with E-state index in [1.165, 1.54) is 12.8 Å². The maximum atomic E-state index is 8.73. The standard InChI is InChI=1S/C12H14N4/c13-7-9-1-2-12(15-8-9)16-6-4-10-11(16)3-5-14-10/h1-2,8,10-11,14H,3-6H2. The Morgan fingerprint density at radius 2 is 2.38 bits per heavy atom. The van der Waals surface area contributed by atoms with Crippen LogP contribution in [0.5, 0.6) is 0 Å². The normalized spacial score (nSPS) is 27.8. The molecule has 2 fully saturated rings. The summed E-state index contributed by atoms with van der Waals surface area (Å²) in [5, 5.41) is 12.2. The Morgan fingerprint density at radius 3 is 3.12 bits per heavy atom. The van der Waals surface area contributed by atoms with Crippen molar-refractivity contribution in [2.24, 2.45) is 0 Å². The lowest BCUT2D eigenvalue weighted by molar-refractivity contribution is 0.600. The maximum Gasteiger partial charge on any atom is 0.128 e. The molecule has 0 spiro atoms. The Balaban J connectivity index is 1.84. The quantitative estimate of drug-likeness (QED) is 0.754. The van der Waals surface area contributed by atoms with Gasteiger partial charge in [-0.05, 0) is 31.5 Å². The Hall–Kier alpha value is -1.60. The van der Waals surface area contributed by atoms with E-state index >= 15 is 0 Å². The third kappa shape index (κ3) is 1.44. The minimum Gasteiger partial charge on any atom is -0.352 e. The summed E-state index contributed by atoms with van der Waals surface area (Å²) in [7, 11) is 0. The molecule has 0 radical (unpaired) electrons. The van der Waals surface area contributed by atoms with Crippen LogP contribution in [0, 0.1) is 11.3 Å². The van der Waals surface area contributed by atoms with Crippen LogP contribution in [-0.2, 0) is 0 Å². The second-order valence-electron chi connectivity index (χ2n) is 4.42. The Morgan fingerprint density at radius 1 is 1.44 bits per heavy atom. The summed E-state index contributed by atoms with van der Waals surface area (Å²) in [6.07, 6.45) is 4.06. The number of hydrogen-bond donors (Lipinski definition) is 1. The summed E-state index contributed by atoms with van der Waals surface area (Å²) in [4.78, 5) is 6.73. The summed E-state index contributed by atoms with van der Waals surface area (Å²) in [5.41, 5.74) is 0.629. The molecule has 3 rings (SSSR count). The fourth-order valence-corrected chi connectivity index (χ4v) is 2.77. The van der Waals surface area contributed by atoms with Crippen molar-refractivity contribution >= 4 is 5.82 Å². The van der Waals surface area contributed by atoms with E-state index in [9.17, 15) is 0 Å². The highest BCUT2D eigenvalue weighted by molar-refractivity contribution is 5.45. The van der Waals surface area contributed by atoms with Crippen LogP contribution < -0.4 is 10.2 Å². The van der Waals surface area contributed by atoms with E-state index in [-0.39, 0.29) is 0 Å². The molecule has 0 aliphatic carbocycles. The van der Waals surface area contributed by atoms with Crippen molar-refractivity contribution in [2.75, 3.05) is 18.0 Å². The Bertz CT molecular complexity index is 420. The van der Waals surface area contributed by atoms with Crippen LogP contribution in [0.2, 0.25) is 0 Å². The number of nitrogens with zero attached hydrogens (tertiary/aromatic N) is 3. The summed E-state index contributed by atoms with van der Waals surface area (Å²) in [6, 6.07) is 7.13. The van der Waals surface area contributed by atoms with Gasteiger partial charge in [0.15, 0.2) is 0 Å². The fraction of sp³-hybridized carbons (Fsp3) is 0.500. The first-order chi connectivity index (χ1) is 7.88. The van der Waals surface area contributed by atoms with Gasteiger partial charge in [-0.3, -0.25) is 0 Å². The molecule has 1 aromatic heterocycles. The lowest BCUT2D eigenvalue weighted by Gasteiger charge is -2.24. The molecule has 1 aromatic rings. The number of pyridine rings is 1. The molecule has 0 amide bonds. The number of anilines is 1. The number of nitrogens with one attached hydrogen (secondary N) is 1.